The van der Waals surface area contributed by atoms with Crippen molar-refractivity contribution in [3.8, 4) is 0 Å². The summed E-state index contributed by atoms with van der Waals surface area (Å²) < 4.78 is 29.9. The molecule has 0 spiro atoms. The monoisotopic (exact) mass is 193 g/mol. The van der Waals surface area contributed by atoms with Crippen LogP contribution in [-0.4, -0.2) is 31.6 Å². The summed E-state index contributed by atoms with van der Waals surface area (Å²) in [6.45, 7) is -0.0674. The molecule has 0 bridgehead atoms. The van der Waals surface area contributed by atoms with Crippen LogP contribution in [0.25, 0.3) is 0 Å². The van der Waals surface area contributed by atoms with E-state index in [1.807, 2.05) is 0 Å². The topological polar surface area (TPSA) is 38.3 Å². The number of halogens is 2. The van der Waals surface area contributed by atoms with Crippen molar-refractivity contribution in [1.82, 2.24) is 5.32 Å². The van der Waals surface area contributed by atoms with Crippen LogP contribution in [0.4, 0.5) is 8.78 Å². The minimum absolute atomic E-state index is 0.0674. The van der Waals surface area contributed by atoms with E-state index in [2.05, 4.69) is 10.1 Å². The maximum Gasteiger partial charge on any atom is 0.250 e. The molecule has 1 amide bonds. The van der Waals surface area contributed by atoms with Gasteiger partial charge in [-0.25, -0.2) is 8.78 Å². The smallest absolute Gasteiger partial charge is 0.250 e. The molecule has 0 aliphatic heterocycles. The fourth-order valence-electron chi connectivity index (χ4n) is 1.47. The van der Waals surface area contributed by atoms with Gasteiger partial charge in [0.2, 0.25) is 11.8 Å². The Morgan fingerprint density at radius 3 is 2.85 bits per heavy atom. The predicted molar refractivity (Wildman–Crippen MR) is 42.6 cm³/mol. The van der Waals surface area contributed by atoms with Crippen molar-refractivity contribution in [2.75, 3.05) is 13.7 Å². The maximum atomic E-state index is 12.6. The van der Waals surface area contributed by atoms with Crippen LogP contribution < -0.4 is 5.32 Å². The summed E-state index contributed by atoms with van der Waals surface area (Å²) in [6, 6.07) is -0.391. The molecule has 1 aliphatic rings. The molecule has 1 N–H and O–H groups in total. The van der Waals surface area contributed by atoms with E-state index in [1.54, 1.807) is 0 Å². The molecule has 0 aromatic heterocycles. The number of hydrogen-bond donors (Lipinski definition) is 1. The van der Waals surface area contributed by atoms with Gasteiger partial charge in [-0.3, -0.25) is 4.79 Å². The zero-order valence-electron chi connectivity index (χ0n) is 7.48. The normalized spacial score (nSPS) is 25.9. The highest BCUT2D eigenvalue weighted by molar-refractivity contribution is 5.77. The quantitative estimate of drug-likeness (QED) is 0.724. The van der Waals surface area contributed by atoms with Crippen molar-refractivity contribution in [3.63, 3.8) is 0 Å². The second-order valence-corrected chi connectivity index (χ2v) is 3.30. The van der Waals surface area contributed by atoms with Gasteiger partial charge in [-0.05, 0) is 6.42 Å². The van der Waals surface area contributed by atoms with Crippen molar-refractivity contribution in [2.24, 2.45) is 0 Å². The summed E-state index contributed by atoms with van der Waals surface area (Å²) in [7, 11) is 1.39. The van der Waals surface area contributed by atoms with Gasteiger partial charge in [0.15, 0.2) is 0 Å². The first-order valence-corrected chi connectivity index (χ1v) is 4.19. The Morgan fingerprint density at radius 2 is 2.38 bits per heavy atom. The number of carbonyl (C=O) groups is 1. The highest BCUT2D eigenvalue weighted by atomic mass is 19.3. The molecular weight excluding hydrogens is 180 g/mol. The Hall–Kier alpha value is -0.710. The minimum atomic E-state index is -2.61. The first-order valence-electron chi connectivity index (χ1n) is 4.19. The third-order valence-corrected chi connectivity index (χ3v) is 2.04. The van der Waals surface area contributed by atoms with E-state index in [4.69, 9.17) is 0 Å². The number of ether oxygens (including phenoxy) is 1. The predicted octanol–water partition coefficient (Wildman–Crippen LogP) is 0.937. The number of amides is 1. The van der Waals surface area contributed by atoms with Crippen LogP contribution >= 0.6 is 0 Å². The molecule has 0 aromatic rings. The zero-order valence-corrected chi connectivity index (χ0v) is 7.48. The molecular formula is C8H13F2NO2. The van der Waals surface area contributed by atoms with Gasteiger partial charge in [-0.15, -0.1) is 0 Å². The molecule has 76 valence electrons. The summed E-state index contributed by atoms with van der Waals surface area (Å²) in [5.41, 5.74) is 0. The molecule has 1 fully saturated rings. The van der Waals surface area contributed by atoms with Crippen LogP contribution in [0.1, 0.15) is 19.3 Å². The molecule has 0 radical (unpaired) electrons. The Bertz CT molecular complexity index is 197. The van der Waals surface area contributed by atoms with E-state index in [0.717, 1.165) is 0 Å². The number of methoxy groups -OCH3 is 1. The van der Waals surface area contributed by atoms with Crippen LogP contribution in [0.2, 0.25) is 0 Å². The van der Waals surface area contributed by atoms with Crippen LogP contribution in [0.15, 0.2) is 0 Å². The molecule has 1 unspecified atom stereocenters. The molecule has 0 heterocycles. The van der Waals surface area contributed by atoms with Crippen molar-refractivity contribution >= 4 is 5.91 Å². The molecule has 1 saturated carbocycles. The second kappa shape index (κ2) is 4.00. The largest absolute Gasteiger partial charge is 0.375 e. The van der Waals surface area contributed by atoms with Crippen LogP contribution in [-0.2, 0) is 9.53 Å². The average Bonchev–Trinajstić information content (AvgIpc) is 2.30. The first kappa shape index (κ1) is 10.4. The van der Waals surface area contributed by atoms with E-state index in [0.29, 0.717) is 6.42 Å². The number of nitrogens with one attached hydrogen (secondary N) is 1. The summed E-state index contributed by atoms with van der Waals surface area (Å²) in [4.78, 5) is 10.9. The average molecular weight is 193 g/mol. The third-order valence-electron chi connectivity index (χ3n) is 2.04. The van der Waals surface area contributed by atoms with Crippen molar-refractivity contribution in [1.29, 1.82) is 0 Å². The van der Waals surface area contributed by atoms with E-state index in [-0.39, 0.29) is 25.4 Å². The Kier molecular flexibility index (Phi) is 3.19. The van der Waals surface area contributed by atoms with Gasteiger partial charge < -0.3 is 10.1 Å². The van der Waals surface area contributed by atoms with Crippen molar-refractivity contribution < 1.29 is 18.3 Å². The fourth-order valence-corrected chi connectivity index (χ4v) is 1.47. The summed E-state index contributed by atoms with van der Waals surface area (Å²) in [6.07, 6.45) is -0.0319. The van der Waals surface area contributed by atoms with Gasteiger partial charge >= 0.3 is 0 Å². The van der Waals surface area contributed by atoms with Crippen molar-refractivity contribution in [2.45, 2.75) is 31.2 Å². The third kappa shape index (κ3) is 3.26. The van der Waals surface area contributed by atoms with Gasteiger partial charge in [0.05, 0.1) is 0 Å². The lowest BCUT2D eigenvalue weighted by Gasteiger charge is -2.12. The summed E-state index contributed by atoms with van der Waals surface area (Å²) in [5.74, 6) is -2.93. The lowest BCUT2D eigenvalue weighted by molar-refractivity contribution is -0.125. The van der Waals surface area contributed by atoms with E-state index in [9.17, 15) is 13.6 Å². The van der Waals surface area contributed by atoms with E-state index >= 15 is 0 Å². The van der Waals surface area contributed by atoms with Gasteiger partial charge in [0.25, 0.3) is 0 Å². The highest BCUT2D eigenvalue weighted by Crippen LogP contribution is 2.34. The number of alkyl halides is 2. The molecule has 0 saturated heterocycles. The minimum Gasteiger partial charge on any atom is -0.375 e. The highest BCUT2D eigenvalue weighted by Gasteiger charge is 2.39. The Morgan fingerprint density at radius 1 is 1.69 bits per heavy atom. The van der Waals surface area contributed by atoms with Crippen LogP contribution in [0, 0.1) is 0 Å². The lowest BCUT2D eigenvalue weighted by atomic mass is 10.2. The van der Waals surface area contributed by atoms with Crippen LogP contribution in [0.3, 0.4) is 0 Å². The number of rotatable bonds is 3. The second-order valence-electron chi connectivity index (χ2n) is 3.30. The van der Waals surface area contributed by atoms with Gasteiger partial charge in [0.1, 0.15) is 6.61 Å². The summed E-state index contributed by atoms with van der Waals surface area (Å²) >= 11 is 0. The van der Waals surface area contributed by atoms with Crippen molar-refractivity contribution in [3.05, 3.63) is 0 Å². The van der Waals surface area contributed by atoms with Gasteiger partial charge in [-0.2, -0.15) is 0 Å². The molecule has 1 aliphatic carbocycles. The van der Waals surface area contributed by atoms with Gasteiger partial charge in [0, 0.05) is 26.0 Å². The Labute approximate surface area is 75.4 Å². The SMILES string of the molecule is COCC(=O)NC1CCC(F)(F)C1. The standard InChI is InChI=1S/C8H13F2NO2/c1-13-5-7(12)11-6-2-3-8(9,10)4-6/h6H,2-5H2,1H3,(H,11,12). The molecule has 0 aromatic carbocycles. The molecule has 3 nitrogen and oxygen atoms in total. The molecule has 1 rings (SSSR count). The lowest BCUT2D eigenvalue weighted by Crippen LogP contribution is -2.36. The van der Waals surface area contributed by atoms with Gasteiger partial charge in [-0.1, -0.05) is 0 Å². The van der Waals surface area contributed by atoms with Crippen LogP contribution in [0.5, 0.6) is 0 Å². The number of hydrogen-bond acceptors (Lipinski definition) is 2. The summed E-state index contributed by atoms with van der Waals surface area (Å²) in [5, 5.41) is 2.49. The maximum absolute atomic E-state index is 12.6. The fraction of sp³-hybridized carbons (Fsp3) is 0.875. The van der Waals surface area contributed by atoms with E-state index in [1.165, 1.54) is 7.11 Å². The molecule has 1 atom stereocenters. The Balaban J connectivity index is 2.28. The molecule has 13 heavy (non-hydrogen) atoms. The first-order chi connectivity index (χ1) is 6.03. The molecule has 5 heteroatoms. The number of carbonyl (C=O) groups excluding carboxylic acids is 1. The van der Waals surface area contributed by atoms with E-state index < -0.39 is 12.0 Å². The zero-order chi connectivity index (χ0) is 9.90.